The highest BCUT2D eigenvalue weighted by Crippen LogP contribution is 2.37. The Balaban J connectivity index is 1.40. The number of aromatic nitrogens is 4. The fraction of sp³-hybridized carbons (Fsp3) is 0.250. The number of fused-ring (bicyclic) bond motifs is 4. The maximum absolute atomic E-state index is 13.5. The van der Waals surface area contributed by atoms with Crippen LogP contribution in [0.4, 0.5) is 11.5 Å². The number of amides is 1. The van der Waals surface area contributed by atoms with Gasteiger partial charge < -0.3 is 19.5 Å². The highest BCUT2D eigenvalue weighted by Gasteiger charge is 2.41. The average molecular weight is 491 g/mol. The Morgan fingerprint density at radius 3 is 2.77 bits per heavy atom. The number of nitrogens with zero attached hydrogens (tertiary/aromatic N) is 5. The summed E-state index contributed by atoms with van der Waals surface area (Å²) in [4.78, 5) is 34.3. The first kappa shape index (κ1) is 21.7. The van der Waals surface area contributed by atoms with Gasteiger partial charge in [0.15, 0.2) is 21.5 Å². The molecule has 35 heavy (non-hydrogen) atoms. The number of hydrogen-bond acceptors (Lipinski definition) is 8. The number of hydrogen-bond donors (Lipinski definition) is 1. The van der Waals surface area contributed by atoms with Crippen molar-refractivity contribution in [1.82, 2.24) is 19.9 Å². The van der Waals surface area contributed by atoms with E-state index in [9.17, 15) is 13.2 Å². The largest absolute Gasteiger partial charge is 0.377 e. The minimum atomic E-state index is -3.30. The molecule has 0 aliphatic carbocycles. The van der Waals surface area contributed by atoms with Crippen LogP contribution in [-0.4, -0.2) is 66.3 Å². The smallest absolute Gasteiger partial charge is 0.252 e. The van der Waals surface area contributed by atoms with Crippen molar-refractivity contribution in [3.05, 3.63) is 60.6 Å². The van der Waals surface area contributed by atoms with E-state index in [1.54, 1.807) is 41.6 Å². The Bertz CT molecular complexity index is 1550. The van der Waals surface area contributed by atoms with Crippen LogP contribution in [0.1, 0.15) is 5.56 Å². The van der Waals surface area contributed by atoms with Crippen molar-refractivity contribution in [2.75, 3.05) is 35.8 Å². The monoisotopic (exact) mass is 490 g/mol. The van der Waals surface area contributed by atoms with Crippen LogP contribution in [0.3, 0.4) is 0 Å². The highest BCUT2D eigenvalue weighted by atomic mass is 32.2. The lowest BCUT2D eigenvalue weighted by atomic mass is 10.1. The Morgan fingerprint density at radius 1 is 1.14 bits per heavy atom. The third kappa shape index (κ3) is 3.82. The molecular weight excluding hydrogens is 468 g/mol. The molecule has 1 amide bonds. The molecule has 178 valence electrons. The van der Waals surface area contributed by atoms with Crippen molar-refractivity contribution >= 4 is 38.3 Å². The average Bonchev–Trinajstić information content (AvgIpc) is 3.34. The maximum Gasteiger partial charge on any atom is 0.252 e. The number of H-pyrrole nitrogens is 1. The Kier molecular flexibility index (Phi) is 5.04. The van der Waals surface area contributed by atoms with Gasteiger partial charge in [0.1, 0.15) is 17.4 Å². The van der Waals surface area contributed by atoms with Crippen molar-refractivity contribution in [3.63, 3.8) is 0 Å². The highest BCUT2D eigenvalue weighted by molar-refractivity contribution is 7.90. The van der Waals surface area contributed by atoms with Crippen LogP contribution < -0.4 is 9.80 Å². The van der Waals surface area contributed by atoms with Gasteiger partial charge in [-0.2, -0.15) is 0 Å². The molecule has 0 spiro atoms. The van der Waals surface area contributed by atoms with E-state index in [1.165, 1.54) is 6.26 Å². The van der Waals surface area contributed by atoms with Crippen LogP contribution in [-0.2, 0) is 25.9 Å². The van der Waals surface area contributed by atoms with Crippen molar-refractivity contribution < 1.29 is 17.9 Å². The maximum atomic E-state index is 13.5. The normalized spacial score (nSPS) is 18.0. The van der Waals surface area contributed by atoms with Crippen LogP contribution in [0, 0.1) is 0 Å². The summed E-state index contributed by atoms with van der Waals surface area (Å²) >= 11 is 0. The molecule has 0 saturated carbocycles. The van der Waals surface area contributed by atoms with Crippen LogP contribution in [0.15, 0.2) is 59.9 Å². The van der Waals surface area contributed by atoms with E-state index in [1.807, 2.05) is 23.2 Å². The summed E-state index contributed by atoms with van der Waals surface area (Å²) in [6.45, 7) is 1.59. The van der Waals surface area contributed by atoms with Crippen molar-refractivity contribution in [3.8, 4) is 11.4 Å². The number of ether oxygens (including phenoxy) is 1. The molecular formula is C24H22N6O4S. The molecule has 1 atom stereocenters. The minimum absolute atomic E-state index is 0.101. The first-order valence-electron chi connectivity index (χ1n) is 11.1. The second kappa shape index (κ2) is 8.14. The molecule has 3 aromatic heterocycles. The molecule has 2 aliphatic heterocycles. The number of sulfone groups is 1. The molecule has 2 aliphatic rings. The Morgan fingerprint density at radius 2 is 1.97 bits per heavy atom. The first-order chi connectivity index (χ1) is 16.9. The van der Waals surface area contributed by atoms with Crippen molar-refractivity contribution in [2.24, 2.45) is 0 Å². The Labute approximate surface area is 201 Å². The predicted molar refractivity (Wildman–Crippen MR) is 130 cm³/mol. The molecule has 11 heteroatoms. The SMILES string of the molecule is CS(=O)(=O)c1ccc(CN2C(=O)C3COCCN3c3nc(-c4cnc5[nH]ccc5c4)ncc32)cc1. The topological polar surface area (TPSA) is 121 Å². The number of carbonyl (C=O) groups is 1. The zero-order valence-corrected chi connectivity index (χ0v) is 19.7. The number of benzene rings is 1. The number of pyridine rings is 1. The summed E-state index contributed by atoms with van der Waals surface area (Å²) in [5.74, 6) is 1.09. The van der Waals surface area contributed by atoms with Gasteiger partial charge in [0, 0.05) is 36.1 Å². The van der Waals surface area contributed by atoms with Gasteiger partial charge in [0.2, 0.25) is 0 Å². The summed E-state index contributed by atoms with van der Waals surface area (Å²) in [5.41, 5.74) is 2.98. The van der Waals surface area contributed by atoms with Crippen LogP contribution in [0.2, 0.25) is 0 Å². The van der Waals surface area contributed by atoms with Gasteiger partial charge in [-0.1, -0.05) is 12.1 Å². The van der Waals surface area contributed by atoms with Gasteiger partial charge in [-0.25, -0.2) is 23.4 Å². The molecule has 0 radical (unpaired) electrons. The van der Waals surface area contributed by atoms with Gasteiger partial charge in [-0.15, -0.1) is 0 Å². The van der Waals surface area contributed by atoms with E-state index in [0.29, 0.717) is 30.5 Å². The standard InChI is InChI=1S/C24H22N6O4S/c1-35(32,33)18-4-2-15(3-5-18)13-30-19-12-27-22(17-10-16-6-7-25-21(16)26-11-17)28-23(19)29-8-9-34-14-20(29)24(30)31/h2-7,10-12,20H,8-9,13-14H2,1H3,(H,25,26). The zero-order valence-electron chi connectivity index (χ0n) is 18.9. The van der Waals surface area contributed by atoms with Crippen LogP contribution >= 0.6 is 0 Å². The fourth-order valence-corrected chi connectivity index (χ4v) is 5.15. The Hall–Kier alpha value is -3.83. The number of nitrogens with one attached hydrogen (secondary N) is 1. The van der Waals surface area contributed by atoms with Gasteiger partial charge >= 0.3 is 0 Å². The number of aromatic amines is 1. The molecule has 1 unspecified atom stereocenters. The lowest BCUT2D eigenvalue weighted by molar-refractivity contribution is -0.122. The summed E-state index contributed by atoms with van der Waals surface area (Å²) < 4.78 is 29.2. The lowest BCUT2D eigenvalue weighted by Crippen LogP contribution is -2.58. The third-order valence-corrected chi connectivity index (χ3v) is 7.47. The molecule has 4 aromatic rings. The fourth-order valence-electron chi connectivity index (χ4n) is 4.52. The second-order valence-corrected chi connectivity index (χ2v) is 10.7. The molecule has 5 heterocycles. The predicted octanol–water partition coefficient (Wildman–Crippen LogP) is 2.18. The van der Waals surface area contributed by atoms with E-state index >= 15 is 0 Å². The van der Waals surface area contributed by atoms with Crippen molar-refractivity contribution in [1.29, 1.82) is 0 Å². The molecule has 1 fully saturated rings. The molecule has 10 nitrogen and oxygen atoms in total. The van der Waals surface area contributed by atoms with E-state index < -0.39 is 15.9 Å². The number of morpholine rings is 1. The molecule has 1 saturated heterocycles. The summed E-state index contributed by atoms with van der Waals surface area (Å²) in [6.07, 6.45) is 6.40. The van der Waals surface area contributed by atoms with E-state index in [2.05, 4.69) is 15.0 Å². The van der Waals surface area contributed by atoms with Crippen molar-refractivity contribution in [2.45, 2.75) is 17.5 Å². The zero-order chi connectivity index (χ0) is 24.2. The first-order valence-corrected chi connectivity index (χ1v) is 13.0. The number of rotatable bonds is 4. The number of carbonyl (C=O) groups excluding carboxylic acids is 1. The van der Waals surface area contributed by atoms with Gasteiger partial charge in [0.25, 0.3) is 5.91 Å². The van der Waals surface area contributed by atoms with Crippen LogP contribution in [0.5, 0.6) is 0 Å². The molecule has 6 rings (SSSR count). The van der Waals surface area contributed by atoms with E-state index in [4.69, 9.17) is 9.72 Å². The van der Waals surface area contributed by atoms with Crippen LogP contribution in [0.25, 0.3) is 22.4 Å². The van der Waals surface area contributed by atoms with Gasteiger partial charge in [-0.3, -0.25) is 4.79 Å². The summed E-state index contributed by atoms with van der Waals surface area (Å²) in [5, 5.41) is 0.961. The summed E-state index contributed by atoms with van der Waals surface area (Å²) in [7, 11) is -3.30. The van der Waals surface area contributed by atoms with E-state index in [-0.39, 0.29) is 24.0 Å². The third-order valence-electron chi connectivity index (χ3n) is 6.34. The van der Waals surface area contributed by atoms with Gasteiger partial charge in [-0.05, 0) is 29.8 Å². The molecule has 0 bridgehead atoms. The van der Waals surface area contributed by atoms with Gasteiger partial charge in [0.05, 0.1) is 30.9 Å². The minimum Gasteiger partial charge on any atom is -0.377 e. The quantitative estimate of drug-likeness (QED) is 0.462. The second-order valence-electron chi connectivity index (χ2n) is 8.67. The molecule has 1 aromatic carbocycles. The summed E-state index contributed by atoms with van der Waals surface area (Å²) in [6, 6.07) is 9.99. The van der Waals surface area contributed by atoms with E-state index in [0.717, 1.165) is 22.2 Å². The molecule has 1 N–H and O–H groups in total. The number of anilines is 2. The lowest BCUT2D eigenvalue weighted by Gasteiger charge is -2.43.